The molecule has 116 valence electrons. The van der Waals surface area contributed by atoms with Crippen molar-refractivity contribution in [2.24, 2.45) is 0 Å². The van der Waals surface area contributed by atoms with Gasteiger partial charge < -0.3 is 9.52 Å². The van der Waals surface area contributed by atoms with Crippen LogP contribution in [0.3, 0.4) is 0 Å². The lowest BCUT2D eigenvalue weighted by atomic mass is 10.1. The molecule has 6 nitrogen and oxygen atoms in total. The molecular formula is C14H19NO5S. The number of aryl methyl sites for hydroxylation is 1. The molecule has 1 aromatic carbocycles. The van der Waals surface area contributed by atoms with Gasteiger partial charge in [0.05, 0.1) is 16.9 Å². The van der Waals surface area contributed by atoms with Crippen LogP contribution in [-0.4, -0.2) is 29.6 Å². The molecule has 1 N–H and O–H groups in total. The second kappa shape index (κ2) is 5.65. The van der Waals surface area contributed by atoms with Crippen LogP contribution < -0.4 is 5.76 Å². The van der Waals surface area contributed by atoms with E-state index in [4.69, 9.17) is 4.42 Å². The fourth-order valence-corrected chi connectivity index (χ4v) is 2.83. The van der Waals surface area contributed by atoms with Crippen molar-refractivity contribution in [3.05, 3.63) is 34.3 Å². The topological polar surface area (TPSA) is 89.5 Å². The first kappa shape index (κ1) is 15.8. The Kier molecular flexibility index (Phi) is 4.25. The molecule has 0 fully saturated rings. The number of hydrogen-bond acceptors (Lipinski definition) is 5. The molecule has 2 unspecified atom stereocenters. The van der Waals surface area contributed by atoms with Crippen LogP contribution in [0.2, 0.25) is 0 Å². The molecule has 2 rings (SSSR count). The molecule has 0 aliphatic heterocycles. The van der Waals surface area contributed by atoms with E-state index in [0.29, 0.717) is 23.2 Å². The van der Waals surface area contributed by atoms with Crippen LogP contribution in [0.4, 0.5) is 0 Å². The summed E-state index contributed by atoms with van der Waals surface area (Å²) in [6.45, 7) is 3.95. The van der Waals surface area contributed by atoms with E-state index in [1.165, 1.54) is 17.6 Å². The molecule has 0 saturated heterocycles. The van der Waals surface area contributed by atoms with Gasteiger partial charge in [-0.25, -0.2) is 13.2 Å². The number of sulfone groups is 1. The quantitative estimate of drug-likeness (QED) is 0.903. The van der Waals surface area contributed by atoms with Crippen LogP contribution in [0.15, 0.2) is 27.4 Å². The van der Waals surface area contributed by atoms with Gasteiger partial charge in [-0.2, -0.15) is 0 Å². The summed E-state index contributed by atoms with van der Waals surface area (Å²) in [5, 5.41) is 9.23. The Labute approximate surface area is 122 Å². The normalized spacial score (nSPS) is 15.2. The minimum atomic E-state index is -3.36. The first-order valence-electron chi connectivity index (χ1n) is 6.76. The maximum Gasteiger partial charge on any atom is 0.419 e. The highest BCUT2D eigenvalue weighted by molar-refractivity contribution is 7.91. The van der Waals surface area contributed by atoms with Crippen molar-refractivity contribution in [1.82, 2.24) is 4.57 Å². The number of rotatable bonds is 5. The number of hydrogen-bond donors (Lipinski definition) is 1. The average Bonchev–Trinajstić information content (AvgIpc) is 2.72. The first-order chi connectivity index (χ1) is 9.75. The van der Waals surface area contributed by atoms with Crippen LogP contribution in [0.25, 0.3) is 11.1 Å². The lowest BCUT2D eigenvalue weighted by molar-refractivity contribution is 0.176. The summed E-state index contributed by atoms with van der Waals surface area (Å²) in [5.74, 6) is -0.449. The molecule has 7 heteroatoms. The largest absolute Gasteiger partial charge is 0.419 e. The lowest BCUT2D eigenvalue weighted by Crippen LogP contribution is -2.24. The highest BCUT2D eigenvalue weighted by atomic mass is 32.2. The van der Waals surface area contributed by atoms with Crippen LogP contribution >= 0.6 is 0 Å². The Bertz CT molecular complexity index is 802. The van der Waals surface area contributed by atoms with Gasteiger partial charge in [0.1, 0.15) is 0 Å². The standard InChI is InChI=1S/C14H19NO5S/c1-4-7-15-11-6-5-10(8-12(11)20-14(15)17)13(16)9(2)21(3,18)19/h5-6,8-9,13,16H,4,7H2,1-3H3. The zero-order valence-corrected chi connectivity index (χ0v) is 13.1. The second-order valence-corrected chi connectivity index (χ2v) is 7.63. The fraction of sp³-hybridized carbons (Fsp3) is 0.500. The van der Waals surface area contributed by atoms with E-state index in [2.05, 4.69) is 0 Å². The zero-order valence-electron chi connectivity index (χ0n) is 12.2. The molecule has 0 spiro atoms. The van der Waals surface area contributed by atoms with E-state index < -0.39 is 26.9 Å². The van der Waals surface area contributed by atoms with Crippen LogP contribution in [0.1, 0.15) is 31.9 Å². The first-order valence-corrected chi connectivity index (χ1v) is 8.71. The summed E-state index contributed by atoms with van der Waals surface area (Å²) >= 11 is 0. The van der Waals surface area contributed by atoms with Gasteiger partial charge in [-0.1, -0.05) is 13.0 Å². The van der Waals surface area contributed by atoms with E-state index in [-0.39, 0.29) is 0 Å². The third-order valence-electron chi connectivity index (χ3n) is 3.60. The van der Waals surface area contributed by atoms with Crippen LogP contribution in [0, 0.1) is 0 Å². The van der Waals surface area contributed by atoms with Crippen molar-refractivity contribution >= 4 is 20.9 Å². The molecular weight excluding hydrogens is 294 g/mol. The minimum Gasteiger partial charge on any atom is -0.408 e. The summed E-state index contributed by atoms with van der Waals surface area (Å²) < 4.78 is 29.7. The van der Waals surface area contributed by atoms with Crippen LogP contribution in [0.5, 0.6) is 0 Å². The number of aliphatic hydroxyl groups excluding tert-OH is 1. The van der Waals surface area contributed by atoms with E-state index in [1.807, 2.05) is 6.92 Å². The Morgan fingerprint density at radius 1 is 1.38 bits per heavy atom. The third-order valence-corrected chi connectivity index (χ3v) is 5.21. The van der Waals surface area contributed by atoms with Crippen LogP contribution in [-0.2, 0) is 16.4 Å². The number of fused-ring (bicyclic) bond motifs is 1. The van der Waals surface area contributed by atoms with Gasteiger partial charge in [0, 0.05) is 12.8 Å². The van der Waals surface area contributed by atoms with E-state index >= 15 is 0 Å². The average molecular weight is 313 g/mol. The predicted octanol–water partition coefficient (Wildman–Crippen LogP) is 1.47. The number of aliphatic hydroxyl groups is 1. The van der Waals surface area contributed by atoms with Crippen molar-refractivity contribution in [2.75, 3.05) is 6.26 Å². The maximum atomic E-state index is 11.7. The monoisotopic (exact) mass is 313 g/mol. The molecule has 0 aliphatic carbocycles. The van der Waals surface area contributed by atoms with Gasteiger partial charge in [-0.15, -0.1) is 0 Å². The summed E-state index contributed by atoms with van der Waals surface area (Å²) in [4.78, 5) is 11.7. The van der Waals surface area contributed by atoms with Crippen molar-refractivity contribution in [1.29, 1.82) is 0 Å². The summed E-state index contributed by atoms with van der Waals surface area (Å²) in [5.41, 5.74) is 1.41. The van der Waals surface area contributed by atoms with Gasteiger partial charge in [0.25, 0.3) is 0 Å². The Balaban J connectivity index is 2.47. The molecule has 1 aromatic heterocycles. The maximum absolute atomic E-state index is 11.7. The molecule has 21 heavy (non-hydrogen) atoms. The number of benzene rings is 1. The van der Waals surface area contributed by atoms with E-state index in [9.17, 15) is 18.3 Å². The van der Waals surface area contributed by atoms with Gasteiger partial charge in [-0.3, -0.25) is 4.57 Å². The molecule has 0 saturated carbocycles. The van der Waals surface area contributed by atoms with Gasteiger partial charge in [0.2, 0.25) is 0 Å². The fourth-order valence-electron chi connectivity index (χ4n) is 2.21. The highest BCUT2D eigenvalue weighted by Crippen LogP contribution is 2.25. The Hall–Kier alpha value is -1.60. The molecule has 0 amide bonds. The second-order valence-electron chi connectivity index (χ2n) is 5.23. The summed E-state index contributed by atoms with van der Waals surface area (Å²) in [7, 11) is -3.36. The van der Waals surface area contributed by atoms with Crippen molar-refractivity contribution < 1.29 is 17.9 Å². The molecule has 0 bridgehead atoms. The lowest BCUT2D eigenvalue weighted by Gasteiger charge is -2.17. The summed E-state index contributed by atoms with van der Waals surface area (Å²) in [6.07, 6.45) is 0.714. The van der Waals surface area contributed by atoms with Gasteiger partial charge >= 0.3 is 5.76 Å². The van der Waals surface area contributed by atoms with E-state index in [0.717, 1.165) is 12.7 Å². The van der Waals surface area contributed by atoms with Crippen molar-refractivity contribution in [2.45, 2.75) is 38.2 Å². The summed E-state index contributed by atoms with van der Waals surface area (Å²) in [6, 6.07) is 4.81. The van der Waals surface area contributed by atoms with Gasteiger partial charge in [0.15, 0.2) is 15.4 Å². The smallest absolute Gasteiger partial charge is 0.408 e. The number of aromatic nitrogens is 1. The molecule has 0 aliphatic rings. The molecule has 2 atom stereocenters. The van der Waals surface area contributed by atoms with Crippen molar-refractivity contribution in [3.8, 4) is 0 Å². The van der Waals surface area contributed by atoms with Crippen molar-refractivity contribution in [3.63, 3.8) is 0 Å². The minimum absolute atomic E-state index is 0.353. The number of nitrogens with zero attached hydrogens (tertiary/aromatic N) is 1. The highest BCUT2D eigenvalue weighted by Gasteiger charge is 2.26. The molecule has 0 radical (unpaired) electrons. The number of oxazole rings is 1. The van der Waals surface area contributed by atoms with E-state index in [1.54, 1.807) is 12.1 Å². The third kappa shape index (κ3) is 3.03. The van der Waals surface area contributed by atoms with Gasteiger partial charge in [-0.05, 0) is 31.0 Å². The predicted molar refractivity (Wildman–Crippen MR) is 80.0 cm³/mol. The Morgan fingerprint density at radius 3 is 2.62 bits per heavy atom. The zero-order chi connectivity index (χ0) is 15.8. The Morgan fingerprint density at radius 2 is 2.05 bits per heavy atom. The molecule has 2 aromatic rings. The molecule has 1 heterocycles. The SMILES string of the molecule is CCCn1c(=O)oc2cc(C(O)C(C)S(C)(=O)=O)ccc21.